The van der Waals surface area contributed by atoms with Gasteiger partial charge in [0.05, 0.1) is 11.6 Å². The molecule has 5 rings (SSSR count). The minimum absolute atomic E-state index is 0.0813. The van der Waals surface area contributed by atoms with E-state index in [0.717, 1.165) is 31.4 Å². The summed E-state index contributed by atoms with van der Waals surface area (Å²) in [6.45, 7) is 3.24. The van der Waals surface area contributed by atoms with Gasteiger partial charge in [-0.1, -0.05) is 17.7 Å². The summed E-state index contributed by atoms with van der Waals surface area (Å²) in [4.78, 5) is 15.0. The van der Waals surface area contributed by atoms with Gasteiger partial charge in [0.25, 0.3) is 5.91 Å². The van der Waals surface area contributed by atoms with Gasteiger partial charge in [-0.2, -0.15) is 13.2 Å². The summed E-state index contributed by atoms with van der Waals surface area (Å²) in [7, 11) is 0. The smallest absolute Gasteiger partial charge is 0.341 e. The third-order valence-electron chi connectivity index (χ3n) is 6.23. The number of hydrogen-bond donors (Lipinski definition) is 0. The third kappa shape index (κ3) is 2.84. The lowest BCUT2D eigenvalue weighted by Crippen LogP contribution is -2.43. The molecule has 0 fully saturated rings. The van der Waals surface area contributed by atoms with Gasteiger partial charge in [-0.05, 0) is 62.1 Å². The van der Waals surface area contributed by atoms with E-state index < -0.39 is 11.7 Å². The largest absolute Gasteiger partial charge is 0.416 e. The van der Waals surface area contributed by atoms with E-state index in [9.17, 15) is 18.0 Å². The number of amides is 1. The minimum atomic E-state index is -4.46. The summed E-state index contributed by atoms with van der Waals surface area (Å²) < 4.78 is 41.6. The van der Waals surface area contributed by atoms with Crippen LogP contribution < -0.4 is 0 Å². The summed E-state index contributed by atoms with van der Waals surface area (Å²) in [6.07, 6.45) is -1.67. The van der Waals surface area contributed by atoms with E-state index in [-0.39, 0.29) is 17.5 Å². The van der Waals surface area contributed by atoms with Crippen molar-refractivity contribution < 1.29 is 18.0 Å². The highest BCUT2D eigenvalue weighted by Crippen LogP contribution is 2.43. The zero-order valence-electron chi connectivity index (χ0n) is 16.1. The summed E-state index contributed by atoms with van der Waals surface area (Å²) in [5, 5.41) is 1.25. The van der Waals surface area contributed by atoms with E-state index in [1.165, 1.54) is 39.9 Å². The molecule has 0 spiro atoms. The van der Waals surface area contributed by atoms with Crippen LogP contribution in [-0.4, -0.2) is 21.9 Å². The number of carbonyl (C=O) groups excluding carboxylic acids is 1. The van der Waals surface area contributed by atoms with Crippen molar-refractivity contribution in [1.29, 1.82) is 0 Å². The van der Waals surface area contributed by atoms with E-state index >= 15 is 0 Å². The molecule has 0 N–H and O–H groups in total. The Morgan fingerprint density at radius 1 is 1.10 bits per heavy atom. The van der Waals surface area contributed by atoms with Gasteiger partial charge >= 0.3 is 6.18 Å². The number of halogens is 3. The summed E-state index contributed by atoms with van der Waals surface area (Å²) >= 11 is 0. The number of carbonyl (C=O) groups is 1. The van der Waals surface area contributed by atoms with E-state index in [2.05, 4.69) is 29.7 Å². The van der Waals surface area contributed by atoms with Gasteiger partial charge in [0.1, 0.15) is 0 Å². The molecule has 1 aliphatic heterocycles. The Hall–Kier alpha value is -2.76. The summed E-state index contributed by atoms with van der Waals surface area (Å²) in [5.41, 5.74) is 4.18. The number of alkyl halides is 3. The van der Waals surface area contributed by atoms with Crippen LogP contribution in [0.15, 0.2) is 42.5 Å². The Kier molecular flexibility index (Phi) is 4.02. The standard InChI is InChI=1S/C23H21F3N2O/c1-14-8-9-19-18(12-14)17-6-3-7-20-21(17)27(19)10-11-28(20)22(29)15-4-2-5-16(13-15)23(24,25)26/h2,4-5,8-9,12-13,20H,3,6-7,10-11H2,1H3/t20-/m0/s1. The molecule has 2 heterocycles. The molecule has 0 radical (unpaired) electrons. The van der Waals surface area contributed by atoms with Crippen LogP contribution in [0.1, 0.15) is 51.6 Å². The summed E-state index contributed by atoms with van der Waals surface area (Å²) in [6, 6.07) is 11.1. The number of rotatable bonds is 1. The molecular weight excluding hydrogens is 377 g/mol. The second-order valence-corrected chi connectivity index (χ2v) is 8.02. The van der Waals surface area contributed by atoms with Crippen LogP contribution in [0.2, 0.25) is 0 Å². The molecule has 0 bridgehead atoms. The van der Waals surface area contributed by atoms with Gasteiger partial charge < -0.3 is 9.47 Å². The molecule has 1 amide bonds. The first-order valence-corrected chi connectivity index (χ1v) is 9.94. The maximum Gasteiger partial charge on any atom is 0.416 e. The monoisotopic (exact) mass is 398 g/mol. The highest BCUT2D eigenvalue weighted by molar-refractivity contribution is 5.95. The fraction of sp³-hybridized carbons (Fsp3) is 0.348. The third-order valence-corrected chi connectivity index (χ3v) is 6.23. The molecule has 1 aromatic heterocycles. The molecule has 0 unspecified atom stereocenters. The molecule has 3 nitrogen and oxygen atoms in total. The van der Waals surface area contributed by atoms with Crippen LogP contribution in [0.25, 0.3) is 10.9 Å². The minimum Gasteiger partial charge on any atom is -0.341 e. The topological polar surface area (TPSA) is 25.2 Å². The maximum atomic E-state index is 13.2. The fourth-order valence-corrected chi connectivity index (χ4v) is 4.96. The molecule has 6 heteroatoms. The Morgan fingerprint density at radius 3 is 2.72 bits per heavy atom. The SMILES string of the molecule is Cc1ccc2c(c1)c1c3n2CCN(C(=O)c2cccc(C(F)(F)F)c2)[C@H]3CCC1. The quantitative estimate of drug-likeness (QED) is 0.531. The van der Waals surface area contributed by atoms with E-state index in [0.29, 0.717) is 13.1 Å². The van der Waals surface area contributed by atoms with Crippen molar-refractivity contribution in [1.82, 2.24) is 9.47 Å². The number of nitrogens with zero attached hydrogens (tertiary/aromatic N) is 2. The Balaban J connectivity index is 1.57. The molecule has 2 aromatic carbocycles. The van der Waals surface area contributed by atoms with Crippen molar-refractivity contribution >= 4 is 16.8 Å². The van der Waals surface area contributed by atoms with Gasteiger partial charge in [0.15, 0.2) is 0 Å². The highest BCUT2D eigenvalue weighted by atomic mass is 19.4. The number of aromatic nitrogens is 1. The van der Waals surface area contributed by atoms with Crippen LogP contribution in [0, 0.1) is 6.92 Å². The second-order valence-electron chi connectivity index (χ2n) is 8.02. The lowest BCUT2D eigenvalue weighted by Gasteiger charge is -2.40. The molecule has 1 atom stereocenters. The Morgan fingerprint density at radius 2 is 1.93 bits per heavy atom. The zero-order valence-corrected chi connectivity index (χ0v) is 16.1. The lowest BCUT2D eigenvalue weighted by molar-refractivity contribution is -0.137. The average Bonchev–Trinajstić information content (AvgIpc) is 3.02. The van der Waals surface area contributed by atoms with Crippen molar-refractivity contribution in [3.8, 4) is 0 Å². The van der Waals surface area contributed by atoms with Gasteiger partial charge in [0.2, 0.25) is 0 Å². The molecule has 150 valence electrons. The van der Waals surface area contributed by atoms with Gasteiger partial charge in [0, 0.05) is 35.2 Å². The number of benzene rings is 2. The van der Waals surface area contributed by atoms with Crippen LogP contribution in [0.3, 0.4) is 0 Å². The fourth-order valence-electron chi connectivity index (χ4n) is 4.96. The normalized spacial score (nSPS) is 18.8. The molecule has 0 saturated carbocycles. The number of aryl methyl sites for hydroxylation is 2. The van der Waals surface area contributed by atoms with Gasteiger partial charge in [-0.25, -0.2) is 0 Å². The van der Waals surface area contributed by atoms with Crippen LogP contribution in [0.4, 0.5) is 13.2 Å². The molecule has 2 aliphatic rings. The van der Waals surface area contributed by atoms with E-state index in [1.54, 1.807) is 4.90 Å². The van der Waals surface area contributed by atoms with Crippen molar-refractivity contribution in [2.45, 2.75) is 44.9 Å². The first-order chi connectivity index (χ1) is 13.8. The second kappa shape index (κ2) is 6.37. The van der Waals surface area contributed by atoms with Crippen LogP contribution in [0.5, 0.6) is 0 Å². The maximum absolute atomic E-state index is 13.2. The number of fused-ring (bicyclic) bond motifs is 3. The Labute approximate surface area is 166 Å². The van der Waals surface area contributed by atoms with E-state index in [1.807, 2.05) is 0 Å². The van der Waals surface area contributed by atoms with Gasteiger partial charge in [-0.15, -0.1) is 0 Å². The lowest BCUT2D eigenvalue weighted by atomic mass is 9.89. The predicted octanol–water partition coefficient (Wildman–Crippen LogP) is 5.50. The van der Waals surface area contributed by atoms with Crippen molar-refractivity contribution in [3.05, 3.63) is 70.4 Å². The first kappa shape index (κ1) is 18.3. The van der Waals surface area contributed by atoms with Crippen LogP contribution in [-0.2, 0) is 19.1 Å². The number of hydrogen-bond acceptors (Lipinski definition) is 1. The van der Waals surface area contributed by atoms with Crippen LogP contribution >= 0.6 is 0 Å². The highest BCUT2D eigenvalue weighted by Gasteiger charge is 2.38. The molecule has 0 saturated heterocycles. The zero-order chi connectivity index (χ0) is 20.3. The predicted molar refractivity (Wildman–Crippen MR) is 105 cm³/mol. The van der Waals surface area contributed by atoms with Gasteiger partial charge in [-0.3, -0.25) is 4.79 Å². The molecular formula is C23H21F3N2O. The Bertz CT molecular complexity index is 1130. The molecule has 29 heavy (non-hydrogen) atoms. The molecule has 1 aliphatic carbocycles. The van der Waals surface area contributed by atoms with Crippen molar-refractivity contribution in [2.24, 2.45) is 0 Å². The first-order valence-electron chi connectivity index (χ1n) is 9.94. The van der Waals surface area contributed by atoms with Crippen molar-refractivity contribution in [3.63, 3.8) is 0 Å². The van der Waals surface area contributed by atoms with E-state index in [4.69, 9.17) is 0 Å². The average molecular weight is 398 g/mol. The van der Waals surface area contributed by atoms with Crippen molar-refractivity contribution in [2.75, 3.05) is 6.54 Å². The summed E-state index contributed by atoms with van der Waals surface area (Å²) in [5.74, 6) is -0.318. The molecule has 3 aromatic rings.